The van der Waals surface area contributed by atoms with Crippen molar-refractivity contribution in [2.45, 2.75) is 12.8 Å². The smallest absolute Gasteiger partial charge is 0.170 e. The number of phenolic OH excluding ortho intramolecular Hbond substituents is 3. The van der Waals surface area contributed by atoms with Crippen LogP contribution in [0.4, 0.5) is 0 Å². The van der Waals surface area contributed by atoms with Crippen LogP contribution in [0.5, 0.6) is 23.0 Å². The van der Waals surface area contributed by atoms with E-state index in [2.05, 4.69) is 10.0 Å². The highest BCUT2D eigenvalue weighted by atomic mass is 16.5. The molecule has 3 N–H and O–H groups in total. The molecule has 2 aromatic carbocycles. The van der Waals surface area contributed by atoms with Gasteiger partial charge in [-0.15, -0.1) is 0 Å². The molecule has 0 bridgehead atoms. The number of phenols is 3. The molecule has 0 amide bonds. The first-order valence-corrected chi connectivity index (χ1v) is 9.67. The fourth-order valence-corrected chi connectivity index (χ4v) is 2.69. The molecule has 0 aliphatic carbocycles. The Morgan fingerprint density at radius 3 is 2.19 bits per heavy atom. The number of hydrogen-bond donors (Lipinski definition) is 3. The molecule has 0 radical (unpaired) electrons. The van der Waals surface area contributed by atoms with E-state index in [1.54, 1.807) is 12.1 Å². The summed E-state index contributed by atoms with van der Waals surface area (Å²) in [5, 5.41) is 33.0. The molecule has 0 saturated carbocycles. The Morgan fingerprint density at radius 2 is 1.55 bits per heavy atom. The molecule has 2 aromatic rings. The van der Waals surface area contributed by atoms with Crippen molar-refractivity contribution >= 4 is 5.78 Å². The second-order valence-corrected chi connectivity index (χ2v) is 6.45. The second kappa shape index (κ2) is 13.0. The van der Waals surface area contributed by atoms with Gasteiger partial charge in [0.05, 0.1) is 26.4 Å². The first-order chi connectivity index (χ1) is 15.0. The van der Waals surface area contributed by atoms with Crippen LogP contribution in [0, 0.1) is 0 Å². The molecule has 0 spiro atoms. The number of ether oxygens (including phenoxy) is 3. The molecule has 0 fully saturated rings. The van der Waals surface area contributed by atoms with Crippen molar-refractivity contribution < 1.29 is 34.3 Å². The number of aromatic hydroxyl groups is 3. The summed E-state index contributed by atoms with van der Waals surface area (Å²) in [6.45, 7) is 1.71. The van der Waals surface area contributed by atoms with Gasteiger partial charge in [0.15, 0.2) is 5.78 Å². The number of azide groups is 1. The molecular weight excluding hydrogens is 406 g/mol. The third-order valence-electron chi connectivity index (χ3n) is 4.19. The lowest BCUT2D eigenvalue weighted by Crippen LogP contribution is -2.12. The van der Waals surface area contributed by atoms with Crippen LogP contribution in [0.15, 0.2) is 41.5 Å². The number of Topliss-reactive ketones (excluding diaryl/α,β-unsaturated/α-hetero) is 1. The van der Waals surface area contributed by atoms with Gasteiger partial charge in [-0.2, -0.15) is 0 Å². The highest BCUT2D eigenvalue weighted by Gasteiger charge is 2.18. The first-order valence-electron chi connectivity index (χ1n) is 9.67. The Kier molecular flexibility index (Phi) is 9.96. The maximum absolute atomic E-state index is 12.4. The standard InChI is InChI=1S/C21H25N3O7/c22-24-23-7-8-29-9-10-30-11-12-31-17-13-19(27)21(20(28)14-17)18(26)6-3-15-1-4-16(25)5-2-15/h1-2,4-5,13-14,25,27-28H,3,6-12H2. The molecule has 0 heterocycles. The number of carbonyl (C=O) groups is 1. The molecule has 0 atom stereocenters. The van der Waals surface area contributed by atoms with Crippen LogP contribution in [0.1, 0.15) is 22.3 Å². The summed E-state index contributed by atoms with van der Waals surface area (Å²) in [7, 11) is 0. The summed E-state index contributed by atoms with van der Waals surface area (Å²) in [5.74, 6) is -0.778. The topological polar surface area (TPSA) is 154 Å². The van der Waals surface area contributed by atoms with E-state index in [9.17, 15) is 20.1 Å². The summed E-state index contributed by atoms with van der Waals surface area (Å²) >= 11 is 0. The molecule has 31 heavy (non-hydrogen) atoms. The van der Waals surface area contributed by atoms with E-state index >= 15 is 0 Å². The van der Waals surface area contributed by atoms with Crippen molar-refractivity contribution in [3.05, 3.63) is 58.0 Å². The number of ketones is 1. The summed E-state index contributed by atoms with van der Waals surface area (Å²) in [6, 6.07) is 9.01. The van der Waals surface area contributed by atoms with Crippen LogP contribution >= 0.6 is 0 Å². The van der Waals surface area contributed by atoms with Crippen LogP contribution in [0.3, 0.4) is 0 Å². The van der Waals surface area contributed by atoms with E-state index in [1.165, 1.54) is 24.3 Å². The van der Waals surface area contributed by atoms with E-state index in [0.29, 0.717) is 26.2 Å². The number of carbonyl (C=O) groups excluding carboxylic acids is 1. The zero-order chi connectivity index (χ0) is 22.5. The maximum atomic E-state index is 12.4. The van der Waals surface area contributed by atoms with Gasteiger partial charge in [0.25, 0.3) is 0 Å². The minimum atomic E-state index is -0.404. The third-order valence-corrected chi connectivity index (χ3v) is 4.19. The molecular formula is C21H25N3O7. The predicted molar refractivity (Wildman–Crippen MR) is 112 cm³/mol. The zero-order valence-electron chi connectivity index (χ0n) is 16.9. The normalized spacial score (nSPS) is 10.5. The fraction of sp³-hybridized carbons (Fsp3) is 0.381. The van der Waals surface area contributed by atoms with Crippen LogP contribution in [0.2, 0.25) is 0 Å². The van der Waals surface area contributed by atoms with Crippen LogP contribution in [-0.4, -0.2) is 60.7 Å². The van der Waals surface area contributed by atoms with E-state index in [1.807, 2.05) is 0 Å². The number of rotatable bonds is 14. The van der Waals surface area contributed by atoms with Crippen LogP contribution < -0.4 is 4.74 Å². The Bertz CT molecular complexity index is 873. The average molecular weight is 431 g/mol. The van der Waals surface area contributed by atoms with Gasteiger partial charge in [-0.05, 0) is 29.6 Å². The summed E-state index contributed by atoms with van der Waals surface area (Å²) in [6.07, 6.45) is 0.494. The molecule has 0 aliphatic rings. The summed E-state index contributed by atoms with van der Waals surface area (Å²) in [5.41, 5.74) is 8.82. The van der Waals surface area contributed by atoms with Crippen molar-refractivity contribution in [2.24, 2.45) is 5.11 Å². The number of nitrogens with zero attached hydrogens (tertiary/aromatic N) is 3. The van der Waals surface area contributed by atoms with E-state index in [-0.39, 0.29) is 54.7 Å². The molecule has 0 saturated heterocycles. The van der Waals surface area contributed by atoms with Crippen molar-refractivity contribution in [2.75, 3.05) is 39.6 Å². The number of hydrogen-bond acceptors (Lipinski definition) is 8. The van der Waals surface area contributed by atoms with Gasteiger partial charge < -0.3 is 29.5 Å². The fourth-order valence-electron chi connectivity index (χ4n) is 2.69. The van der Waals surface area contributed by atoms with E-state index < -0.39 is 5.78 Å². The maximum Gasteiger partial charge on any atom is 0.170 e. The molecule has 10 heteroatoms. The van der Waals surface area contributed by atoms with Gasteiger partial charge in [0, 0.05) is 30.0 Å². The molecule has 0 unspecified atom stereocenters. The molecule has 0 aliphatic heterocycles. The Morgan fingerprint density at radius 1 is 0.935 bits per heavy atom. The molecule has 10 nitrogen and oxygen atoms in total. The molecule has 166 valence electrons. The van der Waals surface area contributed by atoms with E-state index in [0.717, 1.165) is 5.56 Å². The van der Waals surface area contributed by atoms with E-state index in [4.69, 9.17) is 19.7 Å². The Balaban J connectivity index is 1.74. The van der Waals surface area contributed by atoms with Gasteiger partial charge in [-0.25, -0.2) is 0 Å². The minimum absolute atomic E-state index is 0.0882. The van der Waals surface area contributed by atoms with Gasteiger partial charge >= 0.3 is 0 Å². The van der Waals surface area contributed by atoms with Crippen LogP contribution in [0.25, 0.3) is 10.4 Å². The largest absolute Gasteiger partial charge is 0.508 e. The van der Waals surface area contributed by atoms with Crippen LogP contribution in [-0.2, 0) is 15.9 Å². The van der Waals surface area contributed by atoms with Gasteiger partial charge in [0.2, 0.25) is 0 Å². The Hall–Kier alpha value is -3.46. The number of aryl methyl sites for hydroxylation is 1. The third kappa shape index (κ3) is 8.43. The van der Waals surface area contributed by atoms with Gasteiger partial charge in [-0.1, -0.05) is 17.2 Å². The van der Waals surface area contributed by atoms with Crippen molar-refractivity contribution in [3.8, 4) is 23.0 Å². The van der Waals surface area contributed by atoms with Gasteiger partial charge in [0.1, 0.15) is 35.2 Å². The Labute approximate surface area is 179 Å². The highest BCUT2D eigenvalue weighted by molar-refractivity contribution is 6.01. The second-order valence-electron chi connectivity index (χ2n) is 6.45. The SMILES string of the molecule is [N-]=[N+]=NCCOCCOCCOc1cc(O)c(C(=O)CCc2ccc(O)cc2)c(O)c1. The zero-order valence-corrected chi connectivity index (χ0v) is 16.9. The predicted octanol–water partition coefficient (Wildman–Crippen LogP) is 3.34. The first kappa shape index (κ1) is 23.8. The lowest BCUT2D eigenvalue weighted by atomic mass is 10.0. The van der Waals surface area contributed by atoms with Crippen molar-refractivity contribution in [1.29, 1.82) is 0 Å². The minimum Gasteiger partial charge on any atom is -0.508 e. The number of benzene rings is 2. The molecule has 0 aromatic heterocycles. The van der Waals surface area contributed by atoms with Crippen molar-refractivity contribution in [1.82, 2.24) is 0 Å². The monoisotopic (exact) mass is 431 g/mol. The summed E-state index contributed by atoms with van der Waals surface area (Å²) < 4.78 is 15.9. The highest BCUT2D eigenvalue weighted by Crippen LogP contribution is 2.33. The quantitative estimate of drug-likeness (QED) is 0.136. The lowest BCUT2D eigenvalue weighted by molar-refractivity contribution is 0.0387. The summed E-state index contributed by atoms with van der Waals surface area (Å²) in [4.78, 5) is 15.0. The average Bonchev–Trinajstić information content (AvgIpc) is 2.74. The lowest BCUT2D eigenvalue weighted by Gasteiger charge is -2.11. The van der Waals surface area contributed by atoms with Gasteiger partial charge in [-0.3, -0.25) is 4.79 Å². The molecule has 2 rings (SSSR count). The van der Waals surface area contributed by atoms with Crippen molar-refractivity contribution in [3.63, 3.8) is 0 Å².